The summed E-state index contributed by atoms with van der Waals surface area (Å²) < 4.78 is 10.8. The summed E-state index contributed by atoms with van der Waals surface area (Å²) in [5, 5.41) is 3.90. The van der Waals surface area contributed by atoms with E-state index in [1.165, 1.54) is 0 Å². The lowest BCUT2D eigenvalue weighted by molar-refractivity contribution is -0.131. The Labute approximate surface area is 147 Å². The molecule has 3 rings (SSSR count). The molecule has 7 heteroatoms. The number of aryl methyl sites for hydroxylation is 1. The van der Waals surface area contributed by atoms with Gasteiger partial charge >= 0.3 is 0 Å². The van der Waals surface area contributed by atoms with Gasteiger partial charge in [0, 0.05) is 39.5 Å². The second-order valence-corrected chi connectivity index (χ2v) is 6.28. The smallest absolute Gasteiger partial charge is 0.223 e. The van der Waals surface area contributed by atoms with Gasteiger partial charge in [-0.3, -0.25) is 9.69 Å². The predicted molar refractivity (Wildman–Crippen MR) is 92.0 cm³/mol. The minimum atomic E-state index is 0.0369. The number of rotatable bonds is 7. The van der Waals surface area contributed by atoms with Gasteiger partial charge in [0.2, 0.25) is 11.8 Å². The molecule has 0 radical (unpaired) electrons. The largest absolute Gasteiger partial charge is 0.492 e. The van der Waals surface area contributed by atoms with Gasteiger partial charge < -0.3 is 14.2 Å². The Morgan fingerprint density at radius 2 is 2.20 bits per heavy atom. The van der Waals surface area contributed by atoms with E-state index in [0.29, 0.717) is 24.9 Å². The number of ether oxygens (including phenoxy) is 1. The van der Waals surface area contributed by atoms with E-state index in [-0.39, 0.29) is 11.9 Å². The normalized spacial score (nSPS) is 17.6. The molecular formula is C18H24N4O3. The highest BCUT2D eigenvalue weighted by Crippen LogP contribution is 2.18. The summed E-state index contributed by atoms with van der Waals surface area (Å²) in [7, 11) is 0. The highest BCUT2D eigenvalue weighted by molar-refractivity contribution is 5.73. The highest BCUT2D eigenvalue weighted by atomic mass is 16.5. The van der Waals surface area contributed by atoms with Crippen LogP contribution in [-0.2, 0) is 11.3 Å². The lowest BCUT2D eigenvalue weighted by Crippen LogP contribution is -2.41. The fraction of sp³-hybridized carbons (Fsp3) is 0.500. The van der Waals surface area contributed by atoms with Gasteiger partial charge in [-0.25, -0.2) is 0 Å². The molecule has 1 aromatic carbocycles. The predicted octanol–water partition coefficient (Wildman–Crippen LogP) is 1.88. The summed E-state index contributed by atoms with van der Waals surface area (Å²) in [5.74, 6) is 1.99. The topological polar surface area (TPSA) is 71.7 Å². The van der Waals surface area contributed by atoms with Gasteiger partial charge in [-0.05, 0) is 18.6 Å². The fourth-order valence-electron chi connectivity index (χ4n) is 3.13. The Morgan fingerprint density at radius 3 is 2.88 bits per heavy atom. The van der Waals surface area contributed by atoms with E-state index >= 15 is 0 Å². The van der Waals surface area contributed by atoms with E-state index in [0.717, 1.165) is 31.8 Å². The van der Waals surface area contributed by atoms with Gasteiger partial charge in [-0.1, -0.05) is 23.4 Å². The van der Waals surface area contributed by atoms with Crippen molar-refractivity contribution in [3.63, 3.8) is 0 Å². The van der Waals surface area contributed by atoms with E-state index < -0.39 is 0 Å². The molecule has 1 saturated heterocycles. The van der Waals surface area contributed by atoms with Crippen LogP contribution in [0.4, 0.5) is 0 Å². The number of benzene rings is 1. The van der Waals surface area contributed by atoms with Crippen LogP contribution in [0.1, 0.15) is 25.1 Å². The number of hydrogen-bond acceptors (Lipinski definition) is 6. The fourth-order valence-corrected chi connectivity index (χ4v) is 3.13. The summed E-state index contributed by atoms with van der Waals surface area (Å²) in [6, 6.07) is 9.98. The zero-order valence-corrected chi connectivity index (χ0v) is 14.7. The minimum Gasteiger partial charge on any atom is -0.492 e. The van der Waals surface area contributed by atoms with Crippen LogP contribution in [0, 0.1) is 6.92 Å². The summed E-state index contributed by atoms with van der Waals surface area (Å²) >= 11 is 0. The molecule has 0 spiro atoms. The number of carbonyl (C=O) groups excluding carboxylic acids is 1. The number of nitrogens with zero attached hydrogens (tertiary/aromatic N) is 4. The van der Waals surface area contributed by atoms with Crippen molar-refractivity contribution in [3.05, 3.63) is 42.0 Å². The molecule has 2 aromatic rings. The van der Waals surface area contributed by atoms with Gasteiger partial charge in [0.1, 0.15) is 12.4 Å². The molecular weight excluding hydrogens is 320 g/mol. The molecule has 0 saturated carbocycles. The summed E-state index contributed by atoms with van der Waals surface area (Å²) in [6.45, 7) is 7.02. The average molecular weight is 344 g/mol. The molecule has 1 aromatic heterocycles. The van der Waals surface area contributed by atoms with Crippen LogP contribution >= 0.6 is 0 Å². The molecule has 7 nitrogen and oxygen atoms in total. The van der Waals surface area contributed by atoms with Crippen molar-refractivity contribution in [3.8, 4) is 5.75 Å². The second-order valence-electron chi connectivity index (χ2n) is 6.28. The van der Waals surface area contributed by atoms with Crippen molar-refractivity contribution in [1.29, 1.82) is 0 Å². The van der Waals surface area contributed by atoms with Crippen LogP contribution in [0.2, 0.25) is 0 Å². The number of aromatic nitrogens is 2. The number of para-hydroxylation sites is 1. The van der Waals surface area contributed by atoms with Gasteiger partial charge in [-0.15, -0.1) is 0 Å². The molecule has 1 atom stereocenters. The van der Waals surface area contributed by atoms with E-state index in [2.05, 4.69) is 15.0 Å². The maximum atomic E-state index is 12.0. The van der Waals surface area contributed by atoms with E-state index in [1.54, 1.807) is 13.8 Å². The van der Waals surface area contributed by atoms with Crippen LogP contribution in [0.15, 0.2) is 34.9 Å². The average Bonchev–Trinajstić information content (AvgIpc) is 3.22. The van der Waals surface area contributed by atoms with Crippen molar-refractivity contribution in [1.82, 2.24) is 19.9 Å². The number of hydrogen-bond donors (Lipinski definition) is 0. The lowest BCUT2D eigenvalue weighted by Gasteiger charge is -2.27. The summed E-state index contributed by atoms with van der Waals surface area (Å²) in [4.78, 5) is 20.4. The molecule has 1 amide bonds. The van der Waals surface area contributed by atoms with Crippen molar-refractivity contribution in [2.24, 2.45) is 0 Å². The Hall–Kier alpha value is -2.41. The van der Waals surface area contributed by atoms with Gasteiger partial charge in [-0.2, -0.15) is 4.98 Å². The first-order valence-electron chi connectivity index (χ1n) is 8.58. The minimum absolute atomic E-state index is 0.0369. The third kappa shape index (κ3) is 4.79. The van der Waals surface area contributed by atoms with Crippen molar-refractivity contribution < 1.29 is 14.1 Å². The number of likely N-dealkylation sites (tertiary alicyclic amines) is 1. The summed E-state index contributed by atoms with van der Waals surface area (Å²) in [6.07, 6.45) is 0.946. The maximum Gasteiger partial charge on any atom is 0.223 e. The Bertz CT molecular complexity index is 689. The van der Waals surface area contributed by atoms with E-state index in [1.807, 2.05) is 35.2 Å². The Morgan fingerprint density at radius 1 is 1.40 bits per heavy atom. The van der Waals surface area contributed by atoms with Crippen molar-refractivity contribution in [2.75, 3.05) is 26.2 Å². The molecule has 2 heterocycles. The molecule has 0 unspecified atom stereocenters. The monoisotopic (exact) mass is 344 g/mol. The third-order valence-electron chi connectivity index (χ3n) is 4.39. The molecule has 25 heavy (non-hydrogen) atoms. The molecule has 0 bridgehead atoms. The van der Waals surface area contributed by atoms with Crippen molar-refractivity contribution in [2.45, 2.75) is 32.9 Å². The summed E-state index contributed by atoms with van der Waals surface area (Å²) in [5.41, 5.74) is 0. The Balaban J connectivity index is 1.48. The zero-order chi connectivity index (χ0) is 17.6. The van der Waals surface area contributed by atoms with Crippen molar-refractivity contribution >= 4 is 5.91 Å². The number of amides is 1. The standard InChI is InChI=1S/C18H24N4O3/c1-14-19-18(20-25-14)13-22(15(2)23)16-8-9-21(12-16)10-11-24-17-6-4-3-5-7-17/h3-7,16H,8-13H2,1-2H3/t16-/m0/s1. The Kier molecular flexibility index (Phi) is 5.65. The quantitative estimate of drug-likeness (QED) is 0.764. The number of carbonyl (C=O) groups is 1. The molecule has 0 aliphatic carbocycles. The second kappa shape index (κ2) is 8.11. The third-order valence-corrected chi connectivity index (χ3v) is 4.39. The first-order valence-corrected chi connectivity index (χ1v) is 8.58. The lowest BCUT2D eigenvalue weighted by atomic mass is 10.2. The molecule has 1 fully saturated rings. The first kappa shape index (κ1) is 17.4. The van der Waals surface area contributed by atoms with Gasteiger partial charge in [0.25, 0.3) is 0 Å². The van der Waals surface area contributed by atoms with Crippen LogP contribution in [0.5, 0.6) is 5.75 Å². The first-order chi connectivity index (χ1) is 12.1. The molecule has 134 valence electrons. The molecule has 0 N–H and O–H groups in total. The van der Waals surface area contributed by atoms with Crippen LogP contribution in [0.25, 0.3) is 0 Å². The van der Waals surface area contributed by atoms with Crippen LogP contribution in [0.3, 0.4) is 0 Å². The van der Waals surface area contributed by atoms with Crippen LogP contribution < -0.4 is 4.74 Å². The van der Waals surface area contributed by atoms with E-state index in [4.69, 9.17) is 9.26 Å². The zero-order valence-electron chi connectivity index (χ0n) is 14.7. The molecule has 1 aliphatic rings. The highest BCUT2D eigenvalue weighted by Gasteiger charge is 2.30. The maximum absolute atomic E-state index is 12.0. The van der Waals surface area contributed by atoms with Gasteiger partial charge in [0.15, 0.2) is 5.82 Å². The molecule has 1 aliphatic heterocycles. The van der Waals surface area contributed by atoms with Crippen LogP contribution in [-0.4, -0.2) is 58.1 Å². The SMILES string of the molecule is CC(=O)N(Cc1noc(C)n1)[C@H]1CCN(CCOc2ccccc2)C1. The van der Waals surface area contributed by atoms with E-state index in [9.17, 15) is 4.79 Å². The van der Waals surface area contributed by atoms with Gasteiger partial charge in [0.05, 0.1) is 6.54 Å².